The molecule has 2 amide bonds. The van der Waals surface area contributed by atoms with Crippen LogP contribution in [-0.4, -0.2) is 60.8 Å². The summed E-state index contributed by atoms with van der Waals surface area (Å²) in [6.07, 6.45) is -0.209. The van der Waals surface area contributed by atoms with Crippen molar-refractivity contribution in [2.75, 3.05) is 32.8 Å². The summed E-state index contributed by atoms with van der Waals surface area (Å²) in [5.41, 5.74) is 1.52. The van der Waals surface area contributed by atoms with Gasteiger partial charge >= 0.3 is 0 Å². The molecule has 0 aromatic heterocycles. The molecule has 1 aromatic carbocycles. The van der Waals surface area contributed by atoms with E-state index in [0.717, 1.165) is 18.7 Å². The number of carbonyl (C=O) groups is 2. The molecule has 0 aliphatic carbocycles. The van der Waals surface area contributed by atoms with Crippen LogP contribution in [0.1, 0.15) is 26.3 Å². The number of rotatable bonds is 4. The van der Waals surface area contributed by atoms with Crippen molar-refractivity contribution in [1.29, 1.82) is 0 Å². The second-order valence-electron chi connectivity index (χ2n) is 5.39. The molecular formula is C15H18N2O4. The molecule has 21 heavy (non-hydrogen) atoms. The van der Waals surface area contributed by atoms with Crippen LogP contribution >= 0.6 is 0 Å². The Balaban J connectivity index is 1.70. The maximum absolute atomic E-state index is 11.8. The Kier molecular flexibility index (Phi) is 4.01. The average Bonchev–Trinajstić information content (AvgIpc) is 2.76. The van der Waals surface area contributed by atoms with Gasteiger partial charge in [0.1, 0.15) is 0 Å². The number of hydrogen-bond donors (Lipinski definition) is 2. The Morgan fingerprint density at radius 3 is 2.76 bits per heavy atom. The molecule has 1 saturated heterocycles. The van der Waals surface area contributed by atoms with Crippen molar-refractivity contribution in [3.63, 3.8) is 0 Å². The number of aliphatic hydroxyl groups excluding tert-OH is 1. The largest absolute Gasteiger partial charge is 0.391 e. The zero-order valence-electron chi connectivity index (χ0n) is 11.7. The molecule has 1 fully saturated rings. The summed E-state index contributed by atoms with van der Waals surface area (Å²) >= 11 is 0. The molecule has 3 rings (SSSR count). The van der Waals surface area contributed by atoms with Gasteiger partial charge in [-0.05, 0) is 11.6 Å². The smallest absolute Gasteiger partial charge is 0.259 e. The summed E-state index contributed by atoms with van der Waals surface area (Å²) in [4.78, 5) is 25.6. The number of nitrogens with zero attached hydrogens (tertiary/aromatic N) is 1. The number of ether oxygens (including phenoxy) is 1. The Morgan fingerprint density at radius 2 is 2.00 bits per heavy atom. The number of morpholine rings is 1. The number of nitrogens with one attached hydrogen (secondary N) is 1. The van der Waals surface area contributed by atoms with Gasteiger partial charge in [-0.2, -0.15) is 0 Å². The summed E-state index contributed by atoms with van der Waals surface area (Å²) in [5, 5.41) is 12.5. The number of benzene rings is 1. The molecule has 0 bridgehead atoms. The second-order valence-corrected chi connectivity index (χ2v) is 5.39. The number of imide groups is 1. The number of aliphatic hydroxyl groups is 1. The van der Waals surface area contributed by atoms with E-state index in [9.17, 15) is 14.7 Å². The third-order valence-corrected chi connectivity index (χ3v) is 3.88. The van der Waals surface area contributed by atoms with Gasteiger partial charge in [-0.1, -0.05) is 12.1 Å². The van der Waals surface area contributed by atoms with Crippen molar-refractivity contribution in [1.82, 2.24) is 10.2 Å². The molecule has 0 saturated carbocycles. The number of hydrogen-bond acceptors (Lipinski definition) is 5. The monoisotopic (exact) mass is 290 g/mol. The van der Waals surface area contributed by atoms with E-state index in [1.165, 1.54) is 0 Å². The highest BCUT2D eigenvalue weighted by molar-refractivity contribution is 6.22. The lowest BCUT2D eigenvalue weighted by atomic mass is 9.98. The van der Waals surface area contributed by atoms with Crippen LogP contribution in [0.5, 0.6) is 0 Å². The quantitative estimate of drug-likeness (QED) is 0.751. The number of fused-ring (bicyclic) bond motifs is 1. The molecule has 1 unspecified atom stereocenters. The molecule has 1 atom stereocenters. The molecule has 112 valence electrons. The zero-order chi connectivity index (χ0) is 14.8. The van der Waals surface area contributed by atoms with Crippen LogP contribution in [0.15, 0.2) is 18.2 Å². The summed E-state index contributed by atoms with van der Waals surface area (Å²) in [7, 11) is 0. The standard InChI is InChI=1S/C15H18N2O4/c18-11(9-17-4-6-21-7-5-17)8-10-2-1-3-12-13(10)15(20)16-14(12)19/h1-3,11,18H,4-9H2,(H,16,19,20). The van der Waals surface area contributed by atoms with Crippen LogP contribution in [-0.2, 0) is 11.2 Å². The molecule has 0 radical (unpaired) electrons. The minimum Gasteiger partial charge on any atom is -0.391 e. The first kappa shape index (κ1) is 14.2. The molecule has 0 spiro atoms. The second kappa shape index (κ2) is 5.93. The highest BCUT2D eigenvalue weighted by atomic mass is 16.5. The lowest BCUT2D eigenvalue weighted by Gasteiger charge is -2.28. The number of β-amino-alcohol motifs (C(OH)–C–C–N with tert-alkyl or cyclic N) is 1. The fraction of sp³-hybridized carbons (Fsp3) is 0.467. The predicted octanol–water partition coefficient (Wildman–Crippen LogP) is -0.194. The zero-order valence-corrected chi connectivity index (χ0v) is 11.7. The Bertz CT molecular complexity index is 567. The highest BCUT2D eigenvalue weighted by Gasteiger charge is 2.29. The maximum atomic E-state index is 11.8. The van der Waals surface area contributed by atoms with Gasteiger partial charge in [-0.25, -0.2) is 0 Å². The van der Waals surface area contributed by atoms with E-state index in [4.69, 9.17) is 4.74 Å². The minimum atomic E-state index is -0.571. The van der Waals surface area contributed by atoms with E-state index in [1.54, 1.807) is 18.2 Å². The van der Waals surface area contributed by atoms with Crippen molar-refractivity contribution >= 4 is 11.8 Å². The van der Waals surface area contributed by atoms with E-state index >= 15 is 0 Å². The maximum Gasteiger partial charge on any atom is 0.259 e. The number of carbonyl (C=O) groups excluding carboxylic acids is 2. The van der Waals surface area contributed by atoms with Crippen LogP contribution in [0.3, 0.4) is 0 Å². The van der Waals surface area contributed by atoms with Crippen LogP contribution in [0, 0.1) is 0 Å². The van der Waals surface area contributed by atoms with Gasteiger partial charge in [0.25, 0.3) is 11.8 Å². The molecule has 2 aliphatic rings. The van der Waals surface area contributed by atoms with E-state index in [1.807, 2.05) is 0 Å². The minimum absolute atomic E-state index is 0.362. The van der Waals surface area contributed by atoms with Crippen LogP contribution in [0.25, 0.3) is 0 Å². The van der Waals surface area contributed by atoms with Crippen molar-refractivity contribution in [2.24, 2.45) is 0 Å². The van der Waals surface area contributed by atoms with E-state index in [2.05, 4.69) is 10.2 Å². The van der Waals surface area contributed by atoms with Crippen molar-refractivity contribution in [3.05, 3.63) is 34.9 Å². The summed E-state index contributed by atoms with van der Waals surface area (Å²) in [5.74, 6) is -0.733. The van der Waals surface area contributed by atoms with Gasteiger partial charge < -0.3 is 9.84 Å². The first-order valence-corrected chi connectivity index (χ1v) is 7.11. The molecular weight excluding hydrogens is 272 g/mol. The lowest BCUT2D eigenvalue weighted by Crippen LogP contribution is -2.41. The van der Waals surface area contributed by atoms with E-state index < -0.39 is 6.10 Å². The summed E-state index contributed by atoms with van der Waals surface area (Å²) < 4.78 is 5.27. The summed E-state index contributed by atoms with van der Waals surface area (Å²) in [6.45, 7) is 3.53. The van der Waals surface area contributed by atoms with E-state index in [-0.39, 0.29) is 11.8 Å². The molecule has 2 heterocycles. The molecule has 6 nitrogen and oxygen atoms in total. The first-order chi connectivity index (χ1) is 10.1. The fourth-order valence-corrected chi connectivity index (χ4v) is 2.86. The van der Waals surface area contributed by atoms with Crippen LogP contribution in [0.4, 0.5) is 0 Å². The molecule has 6 heteroatoms. The predicted molar refractivity (Wildman–Crippen MR) is 75.2 cm³/mol. The van der Waals surface area contributed by atoms with Gasteiger partial charge in [-0.15, -0.1) is 0 Å². The van der Waals surface area contributed by atoms with Gasteiger partial charge in [0.15, 0.2) is 0 Å². The van der Waals surface area contributed by atoms with Gasteiger partial charge in [0.05, 0.1) is 30.4 Å². The van der Waals surface area contributed by atoms with E-state index in [0.29, 0.717) is 37.3 Å². The third kappa shape index (κ3) is 2.97. The summed E-state index contributed by atoms with van der Waals surface area (Å²) in [6, 6.07) is 5.17. The Morgan fingerprint density at radius 1 is 1.24 bits per heavy atom. The van der Waals surface area contributed by atoms with Crippen LogP contribution in [0.2, 0.25) is 0 Å². The molecule has 2 aliphatic heterocycles. The molecule has 2 N–H and O–H groups in total. The average molecular weight is 290 g/mol. The van der Waals surface area contributed by atoms with Gasteiger partial charge in [0.2, 0.25) is 0 Å². The van der Waals surface area contributed by atoms with Gasteiger partial charge in [0, 0.05) is 26.1 Å². The van der Waals surface area contributed by atoms with Gasteiger partial charge in [-0.3, -0.25) is 19.8 Å². The third-order valence-electron chi connectivity index (χ3n) is 3.88. The molecule has 1 aromatic rings. The first-order valence-electron chi connectivity index (χ1n) is 7.11. The topological polar surface area (TPSA) is 78.9 Å². The SMILES string of the molecule is O=C1NC(=O)c2c(CC(O)CN3CCOCC3)cccc21. The fourth-order valence-electron chi connectivity index (χ4n) is 2.86. The highest BCUT2D eigenvalue weighted by Crippen LogP contribution is 2.21. The van der Waals surface area contributed by atoms with Crippen LogP contribution < -0.4 is 5.32 Å². The normalized spacial score (nSPS) is 20.2. The number of amides is 2. The van der Waals surface area contributed by atoms with Crippen molar-refractivity contribution in [2.45, 2.75) is 12.5 Å². The Labute approximate surface area is 122 Å². The van der Waals surface area contributed by atoms with Crippen molar-refractivity contribution in [3.8, 4) is 0 Å². The lowest BCUT2D eigenvalue weighted by molar-refractivity contribution is 0.0149. The Hall–Kier alpha value is -1.76. The van der Waals surface area contributed by atoms with Crippen molar-refractivity contribution < 1.29 is 19.4 Å².